The number of hydrogen-bond donors (Lipinski definition) is 0. The molecular formula is C51H33NO. The predicted molar refractivity (Wildman–Crippen MR) is 224 cm³/mol. The Balaban J connectivity index is 1.06. The van der Waals surface area contributed by atoms with E-state index in [1.807, 2.05) is 0 Å². The average molecular weight is 676 g/mol. The second-order valence-electron chi connectivity index (χ2n) is 15.2. The lowest BCUT2D eigenvalue weighted by Gasteiger charge is -2.24. The van der Waals surface area contributed by atoms with Crippen molar-refractivity contribution in [3.63, 3.8) is 0 Å². The summed E-state index contributed by atoms with van der Waals surface area (Å²) in [5.41, 5.74) is 12.9. The summed E-state index contributed by atoms with van der Waals surface area (Å²) >= 11 is 0. The van der Waals surface area contributed by atoms with E-state index in [2.05, 4.69) is 182 Å². The Bertz CT molecular complexity index is 3320. The van der Waals surface area contributed by atoms with E-state index in [0.29, 0.717) is 0 Å². The zero-order chi connectivity index (χ0) is 35.0. The summed E-state index contributed by atoms with van der Waals surface area (Å²) in [4.78, 5) is 0. The number of nitrogens with zero attached hydrogens (tertiary/aromatic N) is 1. The maximum atomic E-state index is 6.67. The highest BCUT2D eigenvalue weighted by molar-refractivity contribution is 6.26. The van der Waals surface area contributed by atoms with Gasteiger partial charge >= 0.3 is 0 Å². The number of fused-ring (bicyclic) bond motifs is 17. The van der Waals surface area contributed by atoms with Crippen molar-refractivity contribution in [3.05, 3.63) is 175 Å². The Labute approximate surface area is 306 Å². The molecule has 0 unspecified atom stereocenters. The van der Waals surface area contributed by atoms with Crippen molar-refractivity contribution >= 4 is 76.1 Å². The topological polar surface area (TPSA) is 18.1 Å². The average Bonchev–Trinajstić information content (AvgIpc) is 3.83. The molecule has 11 aromatic rings. The fourth-order valence-corrected chi connectivity index (χ4v) is 9.83. The highest BCUT2D eigenvalue weighted by atomic mass is 16.3. The molecule has 2 heteroatoms. The second-order valence-corrected chi connectivity index (χ2v) is 15.2. The quantitative estimate of drug-likeness (QED) is 0.167. The van der Waals surface area contributed by atoms with Gasteiger partial charge in [-0.05, 0) is 96.5 Å². The normalized spacial score (nSPS) is 13.6. The molecule has 2 aromatic heterocycles. The van der Waals surface area contributed by atoms with E-state index in [1.165, 1.54) is 98.3 Å². The molecule has 0 bridgehead atoms. The zero-order valence-corrected chi connectivity index (χ0v) is 29.4. The Hall–Kier alpha value is -6.64. The first-order valence-corrected chi connectivity index (χ1v) is 18.5. The van der Waals surface area contributed by atoms with Crippen molar-refractivity contribution in [2.24, 2.45) is 0 Å². The third kappa shape index (κ3) is 3.77. The molecule has 2 heterocycles. The van der Waals surface area contributed by atoms with Crippen LogP contribution in [0.1, 0.15) is 25.0 Å². The number of furan rings is 1. The summed E-state index contributed by atoms with van der Waals surface area (Å²) in [6, 6.07) is 60.2. The van der Waals surface area contributed by atoms with Gasteiger partial charge in [-0.25, -0.2) is 0 Å². The molecule has 0 radical (unpaired) electrons. The van der Waals surface area contributed by atoms with Crippen molar-refractivity contribution in [1.29, 1.82) is 0 Å². The Kier molecular flexibility index (Phi) is 5.60. The Morgan fingerprint density at radius 2 is 0.943 bits per heavy atom. The molecule has 12 rings (SSSR count). The van der Waals surface area contributed by atoms with Gasteiger partial charge in [-0.2, -0.15) is 0 Å². The number of para-hydroxylation sites is 2. The van der Waals surface area contributed by atoms with Gasteiger partial charge in [0.2, 0.25) is 0 Å². The van der Waals surface area contributed by atoms with E-state index < -0.39 is 0 Å². The highest BCUT2D eigenvalue weighted by Crippen LogP contribution is 2.56. The third-order valence-corrected chi connectivity index (χ3v) is 12.1. The van der Waals surface area contributed by atoms with Crippen molar-refractivity contribution < 1.29 is 4.42 Å². The van der Waals surface area contributed by atoms with E-state index >= 15 is 0 Å². The molecule has 0 saturated heterocycles. The molecule has 0 saturated carbocycles. The van der Waals surface area contributed by atoms with Crippen LogP contribution in [0.3, 0.4) is 0 Å². The minimum absolute atomic E-state index is 0.290. The van der Waals surface area contributed by atoms with Crippen LogP contribution in [0, 0.1) is 0 Å². The maximum Gasteiger partial charge on any atom is 0.140 e. The minimum Gasteiger partial charge on any atom is -0.456 e. The smallest absolute Gasteiger partial charge is 0.140 e. The van der Waals surface area contributed by atoms with Gasteiger partial charge in [0.1, 0.15) is 11.2 Å². The van der Waals surface area contributed by atoms with Crippen LogP contribution in [0.15, 0.2) is 168 Å². The molecule has 0 amide bonds. The molecule has 1 aliphatic rings. The largest absolute Gasteiger partial charge is 0.456 e. The van der Waals surface area contributed by atoms with Crippen LogP contribution in [0.25, 0.3) is 104 Å². The van der Waals surface area contributed by atoms with Gasteiger partial charge in [-0.15, -0.1) is 0 Å². The van der Waals surface area contributed by atoms with Gasteiger partial charge in [-0.1, -0.05) is 141 Å². The molecule has 9 aromatic carbocycles. The van der Waals surface area contributed by atoms with E-state index in [4.69, 9.17) is 4.42 Å². The minimum atomic E-state index is -0.290. The van der Waals surface area contributed by atoms with Gasteiger partial charge in [0.15, 0.2) is 0 Å². The summed E-state index contributed by atoms with van der Waals surface area (Å²) in [5.74, 6) is 0. The molecular weight excluding hydrogens is 643 g/mol. The van der Waals surface area contributed by atoms with Crippen molar-refractivity contribution in [2.45, 2.75) is 19.3 Å². The lowest BCUT2D eigenvalue weighted by molar-refractivity contribution is 0.621. The molecule has 0 aliphatic heterocycles. The van der Waals surface area contributed by atoms with Gasteiger partial charge in [-0.3, -0.25) is 0 Å². The summed E-state index contributed by atoms with van der Waals surface area (Å²) in [5, 5.41) is 12.7. The van der Waals surface area contributed by atoms with Crippen molar-refractivity contribution in [1.82, 2.24) is 4.57 Å². The lowest BCUT2D eigenvalue weighted by Crippen LogP contribution is -2.17. The molecule has 248 valence electrons. The lowest BCUT2D eigenvalue weighted by atomic mass is 9.81. The van der Waals surface area contributed by atoms with Gasteiger partial charge < -0.3 is 8.98 Å². The summed E-state index contributed by atoms with van der Waals surface area (Å²) in [7, 11) is 0. The highest BCUT2D eigenvalue weighted by Gasteiger charge is 2.41. The molecule has 0 N–H and O–H groups in total. The predicted octanol–water partition coefficient (Wildman–Crippen LogP) is 14.1. The van der Waals surface area contributed by atoms with E-state index in [9.17, 15) is 0 Å². The zero-order valence-electron chi connectivity index (χ0n) is 29.4. The Morgan fingerprint density at radius 3 is 1.66 bits per heavy atom. The maximum absolute atomic E-state index is 6.67. The molecule has 0 fully saturated rings. The first kappa shape index (κ1) is 29.0. The summed E-state index contributed by atoms with van der Waals surface area (Å²) in [6.45, 7) is 4.75. The Morgan fingerprint density at radius 1 is 0.415 bits per heavy atom. The van der Waals surface area contributed by atoms with Crippen LogP contribution in [-0.4, -0.2) is 4.57 Å². The third-order valence-electron chi connectivity index (χ3n) is 12.1. The van der Waals surface area contributed by atoms with Gasteiger partial charge in [0.05, 0.1) is 11.0 Å². The molecule has 0 spiro atoms. The fraction of sp³-hybridized carbons (Fsp3) is 0.0588. The van der Waals surface area contributed by atoms with Gasteiger partial charge in [0, 0.05) is 38.2 Å². The summed E-state index contributed by atoms with van der Waals surface area (Å²) in [6.07, 6.45) is 0. The monoisotopic (exact) mass is 675 g/mol. The standard InChI is InChI=1S/C51H33NO/c1-51(2)47-40(41-26-28-43-39-16-8-10-18-46(39)53-50(43)48(41)51)25-27-42-38-15-7-9-17-45(38)52(49(42)47)32-22-19-30(20-23-32)31-21-24-37-35-13-4-3-11-33(35)34-12-5-6-14-36(34)44(37)29-31/h3-29H,1-2H3. The van der Waals surface area contributed by atoms with E-state index in [0.717, 1.165) is 16.9 Å². The fourth-order valence-electron chi connectivity index (χ4n) is 9.83. The number of hydrogen-bond acceptors (Lipinski definition) is 1. The molecule has 0 atom stereocenters. The molecule has 53 heavy (non-hydrogen) atoms. The second kappa shape index (κ2) is 10.2. The van der Waals surface area contributed by atoms with Crippen LogP contribution in [0.5, 0.6) is 0 Å². The SMILES string of the molecule is CC1(C)c2c(ccc3c2oc2ccccc23)-c2ccc3c4ccccc4n(-c4ccc(-c5ccc6c7ccccc7c7ccccc7c6c5)cc4)c3c21. The van der Waals surface area contributed by atoms with Gasteiger partial charge in [0.25, 0.3) is 0 Å². The van der Waals surface area contributed by atoms with E-state index in [1.54, 1.807) is 0 Å². The van der Waals surface area contributed by atoms with Crippen LogP contribution >= 0.6 is 0 Å². The molecule has 2 nitrogen and oxygen atoms in total. The first-order chi connectivity index (χ1) is 26.1. The molecule has 1 aliphatic carbocycles. The first-order valence-electron chi connectivity index (χ1n) is 18.5. The van der Waals surface area contributed by atoms with Crippen molar-refractivity contribution in [3.8, 4) is 27.9 Å². The van der Waals surface area contributed by atoms with Crippen molar-refractivity contribution in [2.75, 3.05) is 0 Å². The summed E-state index contributed by atoms with van der Waals surface area (Å²) < 4.78 is 9.16. The number of rotatable bonds is 2. The van der Waals surface area contributed by atoms with Crippen LogP contribution in [0.4, 0.5) is 0 Å². The number of benzene rings is 9. The van der Waals surface area contributed by atoms with Crippen LogP contribution in [0.2, 0.25) is 0 Å². The van der Waals surface area contributed by atoms with Crippen LogP contribution < -0.4 is 0 Å². The van der Waals surface area contributed by atoms with E-state index in [-0.39, 0.29) is 5.41 Å². The van der Waals surface area contributed by atoms with Crippen LogP contribution in [-0.2, 0) is 5.41 Å². The number of aromatic nitrogens is 1.